The average molecular weight is 308 g/mol. The van der Waals surface area contributed by atoms with E-state index < -0.39 is 0 Å². The number of ether oxygens (including phenoxy) is 1. The number of aromatic nitrogens is 1. The Morgan fingerprint density at radius 1 is 1.33 bits per heavy atom. The molecule has 6 heteroatoms. The predicted molar refractivity (Wildman–Crippen MR) is 71.0 cm³/mol. The van der Waals surface area contributed by atoms with Gasteiger partial charge in [-0.25, -0.2) is 0 Å². The Morgan fingerprint density at radius 2 is 2.11 bits per heavy atom. The number of nitrogens with zero attached hydrogens (tertiary/aromatic N) is 2. The molecule has 2 aromatic rings. The fourth-order valence-corrected chi connectivity index (χ4v) is 1.74. The third kappa shape index (κ3) is 2.78. The van der Waals surface area contributed by atoms with Gasteiger partial charge in [-0.05, 0) is 34.1 Å². The van der Waals surface area contributed by atoms with Crippen molar-refractivity contribution in [3.63, 3.8) is 0 Å². The van der Waals surface area contributed by atoms with E-state index in [2.05, 4.69) is 26.1 Å². The molecule has 0 saturated heterocycles. The number of hydrogen-bond donors (Lipinski definition) is 2. The highest BCUT2D eigenvalue weighted by Gasteiger charge is 2.08. The molecule has 0 atom stereocenters. The first-order chi connectivity index (χ1) is 8.70. The second-order valence-electron chi connectivity index (χ2n) is 3.42. The zero-order chi connectivity index (χ0) is 13.0. The summed E-state index contributed by atoms with van der Waals surface area (Å²) >= 11 is 3.31. The van der Waals surface area contributed by atoms with Crippen molar-refractivity contribution in [1.82, 2.24) is 4.98 Å². The van der Waals surface area contributed by atoms with Crippen LogP contribution in [0.25, 0.3) is 0 Å². The zero-order valence-electron chi connectivity index (χ0n) is 9.25. The van der Waals surface area contributed by atoms with E-state index in [4.69, 9.17) is 15.7 Å². The van der Waals surface area contributed by atoms with Gasteiger partial charge in [-0.3, -0.25) is 4.98 Å². The molecule has 1 heterocycles. The van der Waals surface area contributed by atoms with Gasteiger partial charge >= 0.3 is 0 Å². The number of amidine groups is 1. The van der Waals surface area contributed by atoms with Crippen LogP contribution in [-0.4, -0.2) is 16.0 Å². The summed E-state index contributed by atoms with van der Waals surface area (Å²) in [6.07, 6.45) is 3.23. The lowest BCUT2D eigenvalue weighted by atomic mass is 10.2. The first-order valence-electron chi connectivity index (χ1n) is 5.06. The molecule has 18 heavy (non-hydrogen) atoms. The van der Waals surface area contributed by atoms with Crippen molar-refractivity contribution >= 4 is 21.8 Å². The molecule has 0 amide bonds. The van der Waals surface area contributed by atoms with Crippen molar-refractivity contribution in [2.45, 2.75) is 0 Å². The number of benzene rings is 1. The quantitative estimate of drug-likeness (QED) is 0.395. The summed E-state index contributed by atoms with van der Waals surface area (Å²) in [6.45, 7) is 0. The number of hydrogen-bond acceptors (Lipinski definition) is 4. The third-order valence-electron chi connectivity index (χ3n) is 2.18. The summed E-state index contributed by atoms with van der Waals surface area (Å²) in [7, 11) is 0. The number of nitrogens with two attached hydrogens (primary N) is 1. The van der Waals surface area contributed by atoms with Gasteiger partial charge in [0.15, 0.2) is 5.84 Å². The van der Waals surface area contributed by atoms with Crippen molar-refractivity contribution in [2.75, 3.05) is 0 Å². The fraction of sp³-hybridized carbons (Fsp3) is 0. The van der Waals surface area contributed by atoms with Crippen molar-refractivity contribution in [1.29, 1.82) is 0 Å². The monoisotopic (exact) mass is 307 g/mol. The van der Waals surface area contributed by atoms with Crippen LogP contribution in [0.5, 0.6) is 11.5 Å². The van der Waals surface area contributed by atoms with E-state index in [1.165, 1.54) is 0 Å². The zero-order valence-corrected chi connectivity index (χ0v) is 10.8. The van der Waals surface area contributed by atoms with Crippen molar-refractivity contribution in [3.05, 3.63) is 52.8 Å². The minimum atomic E-state index is -0.00597. The molecule has 0 radical (unpaired) electrons. The van der Waals surface area contributed by atoms with Crippen LogP contribution in [0.4, 0.5) is 0 Å². The summed E-state index contributed by atoms with van der Waals surface area (Å²) in [5.74, 6) is 1.05. The topological polar surface area (TPSA) is 80.7 Å². The molecule has 3 N–H and O–H groups in total. The second-order valence-corrected chi connectivity index (χ2v) is 4.34. The molecule has 0 fully saturated rings. The van der Waals surface area contributed by atoms with Gasteiger partial charge in [0.1, 0.15) is 11.5 Å². The van der Waals surface area contributed by atoms with Gasteiger partial charge in [0.25, 0.3) is 0 Å². The number of rotatable bonds is 3. The van der Waals surface area contributed by atoms with Crippen molar-refractivity contribution in [3.8, 4) is 11.5 Å². The van der Waals surface area contributed by atoms with Crippen LogP contribution in [0.2, 0.25) is 0 Å². The SMILES string of the molecule is NC(=NO)c1ccccc1Oc1cncc(Br)c1. The van der Waals surface area contributed by atoms with Crippen molar-refractivity contribution < 1.29 is 9.94 Å². The normalized spacial score (nSPS) is 11.3. The standard InChI is InChI=1S/C12H10BrN3O2/c13-8-5-9(7-15-6-8)18-11-4-2-1-3-10(11)12(14)16-17/h1-7,17H,(H2,14,16). The Hall–Kier alpha value is -2.08. The summed E-state index contributed by atoms with van der Waals surface area (Å²) in [5.41, 5.74) is 6.09. The highest BCUT2D eigenvalue weighted by molar-refractivity contribution is 9.10. The lowest BCUT2D eigenvalue weighted by Gasteiger charge is -2.09. The van der Waals surface area contributed by atoms with Crippen LogP contribution in [0.15, 0.2) is 52.4 Å². The minimum absolute atomic E-state index is 0.00597. The van der Waals surface area contributed by atoms with Crippen LogP contribution in [0.3, 0.4) is 0 Å². The van der Waals surface area contributed by atoms with E-state index in [9.17, 15) is 0 Å². The second kappa shape index (κ2) is 5.50. The van der Waals surface area contributed by atoms with E-state index in [1.807, 2.05) is 0 Å². The number of pyridine rings is 1. The Balaban J connectivity index is 2.35. The molecule has 0 aliphatic rings. The summed E-state index contributed by atoms with van der Waals surface area (Å²) < 4.78 is 6.46. The highest BCUT2D eigenvalue weighted by atomic mass is 79.9. The van der Waals surface area contributed by atoms with E-state index in [0.717, 1.165) is 4.47 Å². The maximum atomic E-state index is 8.71. The van der Waals surface area contributed by atoms with Gasteiger partial charge in [-0.1, -0.05) is 17.3 Å². The minimum Gasteiger partial charge on any atom is -0.455 e. The lowest BCUT2D eigenvalue weighted by Crippen LogP contribution is -2.14. The maximum absolute atomic E-state index is 8.71. The molecule has 5 nitrogen and oxygen atoms in total. The molecule has 0 aliphatic heterocycles. The fourth-order valence-electron chi connectivity index (χ4n) is 1.40. The molecular formula is C12H10BrN3O2. The van der Waals surface area contributed by atoms with E-state index in [-0.39, 0.29) is 5.84 Å². The van der Waals surface area contributed by atoms with Gasteiger partial charge in [-0.2, -0.15) is 0 Å². The molecule has 0 aliphatic carbocycles. The Kier molecular flexibility index (Phi) is 3.78. The first-order valence-corrected chi connectivity index (χ1v) is 5.85. The Labute approximate surface area is 112 Å². The Bertz CT molecular complexity index is 587. The molecule has 0 bridgehead atoms. The van der Waals surface area contributed by atoms with Gasteiger partial charge in [0.05, 0.1) is 11.8 Å². The van der Waals surface area contributed by atoms with E-state index in [1.54, 1.807) is 42.7 Å². The molecular weight excluding hydrogens is 298 g/mol. The van der Waals surface area contributed by atoms with Crippen LogP contribution in [0.1, 0.15) is 5.56 Å². The molecule has 2 rings (SSSR count). The molecule has 1 aromatic carbocycles. The van der Waals surface area contributed by atoms with Crippen molar-refractivity contribution in [2.24, 2.45) is 10.9 Å². The maximum Gasteiger partial charge on any atom is 0.173 e. The average Bonchev–Trinajstić information content (AvgIpc) is 2.38. The number of oxime groups is 1. The number of halogens is 1. The third-order valence-corrected chi connectivity index (χ3v) is 2.61. The molecule has 0 unspecified atom stereocenters. The lowest BCUT2D eigenvalue weighted by molar-refractivity contribution is 0.318. The molecule has 92 valence electrons. The van der Waals surface area contributed by atoms with Crippen LogP contribution in [-0.2, 0) is 0 Å². The summed E-state index contributed by atoms with van der Waals surface area (Å²) in [5, 5.41) is 11.7. The summed E-state index contributed by atoms with van der Waals surface area (Å²) in [6, 6.07) is 8.79. The molecule has 0 spiro atoms. The molecule has 0 saturated carbocycles. The van der Waals surface area contributed by atoms with Gasteiger partial charge in [0.2, 0.25) is 0 Å². The summed E-state index contributed by atoms with van der Waals surface area (Å²) in [4.78, 5) is 3.99. The smallest absolute Gasteiger partial charge is 0.173 e. The van der Waals surface area contributed by atoms with Crippen LogP contribution >= 0.6 is 15.9 Å². The van der Waals surface area contributed by atoms with E-state index >= 15 is 0 Å². The Morgan fingerprint density at radius 3 is 2.83 bits per heavy atom. The highest BCUT2D eigenvalue weighted by Crippen LogP contribution is 2.26. The number of para-hydroxylation sites is 1. The van der Waals surface area contributed by atoms with Crippen LogP contribution in [0, 0.1) is 0 Å². The first kappa shape index (κ1) is 12.4. The largest absolute Gasteiger partial charge is 0.455 e. The molecule has 1 aromatic heterocycles. The van der Waals surface area contributed by atoms with Crippen LogP contribution < -0.4 is 10.5 Å². The van der Waals surface area contributed by atoms with Gasteiger partial charge in [0, 0.05) is 10.7 Å². The van der Waals surface area contributed by atoms with Gasteiger partial charge in [-0.15, -0.1) is 0 Å². The predicted octanol–water partition coefficient (Wildman–Crippen LogP) is 2.73. The van der Waals surface area contributed by atoms with E-state index in [0.29, 0.717) is 17.1 Å². The van der Waals surface area contributed by atoms with Gasteiger partial charge < -0.3 is 15.7 Å².